The second-order valence-corrected chi connectivity index (χ2v) is 6.58. The summed E-state index contributed by atoms with van der Waals surface area (Å²) in [6.07, 6.45) is -0.336. The van der Waals surface area contributed by atoms with Crippen LogP contribution < -0.4 is 16.4 Å². The van der Waals surface area contributed by atoms with Crippen molar-refractivity contribution in [2.45, 2.75) is 31.2 Å². The van der Waals surface area contributed by atoms with Crippen molar-refractivity contribution in [3.05, 3.63) is 65.5 Å². The van der Waals surface area contributed by atoms with Crippen LogP contribution in [0.3, 0.4) is 0 Å². The summed E-state index contributed by atoms with van der Waals surface area (Å²) >= 11 is 0. The van der Waals surface area contributed by atoms with Gasteiger partial charge in [-0.25, -0.2) is 14.2 Å². The van der Waals surface area contributed by atoms with Crippen LogP contribution in [-0.2, 0) is 17.7 Å². The van der Waals surface area contributed by atoms with Crippen LogP contribution in [0.4, 0.5) is 14.9 Å². The van der Waals surface area contributed by atoms with Crippen LogP contribution in [0.15, 0.2) is 53.5 Å². The van der Waals surface area contributed by atoms with Crippen LogP contribution in [-0.4, -0.2) is 42.3 Å². The van der Waals surface area contributed by atoms with Gasteiger partial charge in [0.2, 0.25) is 0 Å². The first-order valence-electron chi connectivity index (χ1n) is 8.99. The van der Waals surface area contributed by atoms with Crippen molar-refractivity contribution in [2.75, 3.05) is 6.54 Å². The second kappa shape index (κ2) is 9.29. The molecule has 0 aromatic heterocycles. The van der Waals surface area contributed by atoms with Crippen molar-refractivity contribution in [3.63, 3.8) is 0 Å². The highest BCUT2D eigenvalue weighted by atomic mass is 19.1. The Hall–Kier alpha value is -2.97. The van der Waals surface area contributed by atoms with Gasteiger partial charge >= 0.3 is 6.09 Å². The lowest BCUT2D eigenvalue weighted by molar-refractivity contribution is 0.0188. The Kier molecular flexibility index (Phi) is 6.57. The van der Waals surface area contributed by atoms with Crippen LogP contribution in [0, 0.1) is 5.82 Å². The lowest BCUT2D eigenvalue weighted by atomic mass is 10.0. The van der Waals surface area contributed by atoms with Crippen LogP contribution in [0.25, 0.3) is 0 Å². The number of carbonyl (C=O) groups excluding carboxylic acids is 1. The maximum absolute atomic E-state index is 13.2. The highest BCUT2D eigenvalue weighted by Crippen LogP contribution is 2.19. The molecule has 0 spiro atoms. The van der Waals surface area contributed by atoms with Gasteiger partial charge in [0.05, 0.1) is 18.1 Å². The summed E-state index contributed by atoms with van der Waals surface area (Å²) in [5, 5.41) is 15.9. The Bertz CT molecular complexity index is 828. The molecule has 1 saturated heterocycles. The maximum atomic E-state index is 13.2. The second-order valence-electron chi connectivity index (χ2n) is 6.58. The summed E-state index contributed by atoms with van der Waals surface area (Å²) in [5.74, 6) is -0.369. The molecule has 1 aliphatic rings. The van der Waals surface area contributed by atoms with E-state index in [0.29, 0.717) is 18.5 Å². The molecule has 0 aliphatic carbocycles. The number of aliphatic hydroxyl groups is 1. The molecule has 3 atom stereocenters. The molecule has 5 N–H and O–H groups in total. The Balaban J connectivity index is 1.55. The largest absolute Gasteiger partial charge is 0.442 e. The Labute approximate surface area is 162 Å². The smallest absolute Gasteiger partial charge is 0.407 e. The molecule has 2 aromatic rings. The molecule has 2 unspecified atom stereocenters. The van der Waals surface area contributed by atoms with Gasteiger partial charge < -0.3 is 26.2 Å². The third-order valence-electron chi connectivity index (χ3n) is 4.55. The molecular formula is C20H23FN4O3. The van der Waals surface area contributed by atoms with Crippen molar-refractivity contribution in [1.29, 1.82) is 0 Å². The third kappa shape index (κ3) is 5.28. The third-order valence-corrected chi connectivity index (χ3v) is 4.55. The fourth-order valence-electron chi connectivity index (χ4n) is 3.17. The Morgan fingerprint density at radius 1 is 1.32 bits per heavy atom. The predicted octanol–water partition coefficient (Wildman–Crippen LogP) is 1.61. The van der Waals surface area contributed by atoms with E-state index in [1.54, 1.807) is 12.1 Å². The fraction of sp³-hybridized carbons (Fsp3) is 0.300. The molecule has 7 nitrogen and oxygen atoms in total. The molecule has 1 amide bonds. The highest BCUT2D eigenvalue weighted by Gasteiger charge is 2.37. The molecule has 1 heterocycles. The van der Waals surface area contributed by atoms with Gasteiger partial charge in [0.25, 0.3) is 0 Å². The normalized spacial score (nSPS) is 21.7. The van der Waals surface area contributed by atoms with Gasteiger partial charge in [-0.2, -0.15) is 0 Å². The van der Waals surface area contributed by atoms with E-state index in [1.807, 2.05) is 24.3 Å². The predicted molar refractivity (Wildman–Crippen MR) is 104 cm³/mol. The quantitative estimate of drug-likeness (QED) is 0.446. The minimum Gasteiger partial charge on any atom is -0.442 e. The van der Waals surface area contributed by atoms with Gasteiger partial charge in [-0.3, -0.25) is 0 Å². The zero-order chi connectivity index (χ0) is 19.9. The molecule has 1 fully saturated rings. The molecule has 148 valence electrons. The number of nitrogens with zero attached hydrogens (tertiary/aromatic N) is 1. The number of nitrogens with one attached hydrogen (secondary N) is 2. The molecule has 3 rings (SSSR count). The number of rotatable bonds is 6. The van der Waals surface area contributed by atoms with Crippen LogP contribution in [0.1, 0.15) is 11.1 Å². The van der Waals surface area contributed by atoms with E-state index in [0.717, 1.165) is 11.3 Å². The van der Waals surface area contributed by atoms with Gasteiger partial charge in [-0.05, 0) is 41.8 Å². The van der Waals surface area contributed by atoms with E-state index >= 15 is 0 Å². The van der Waals surface area contributed by atoms with E-state index in [1.165, 1.54) is 18.5 Å². The topological polar surface area (TPSA) is 109 Å². The van der Waals surface area contributed by atoms with Crippen molar-refractivity contribution in [3.8, 4) is 0 Å². The molecule has 0 bridgehead atoms. The number of benzene rings is 2. The van der Waals surface area contributed by atoms with Gasteiger partial charge in [0.15, 0.2) is 0 Å². The molecule has 0 radical (unpaired) electrons. The number of alkyl carbamates (subject to hydrolysis) is 1. The number of halogens is 1. The van der Waals surface area contributed by atoms with E-state index in [4.69, 9.17) is 10.5 Å². The number of carbonyl (C=O) groups is 1. The summed E-state index contributed by atoms with van der Waals surface area (Å²) in [5.41, 5.74) is 7.66. The van der Waals surface area contributed by atoms with Crippen molar-refractivity contribution in [2.24, 2.45) is 10.7 Å². The van der Waals surface area contributed by atoms with Crippen molar-refractivity contribution >= 4 is 18.1 Å². The van der Waals surface area contributed by atoms with Crippen LogP contribution in [0.2, 0.25) is 0 Å². The first-order chi connectivity index (χ1) is 13.5. The average molecular weight is 386 g/mol. The number of amides is 1. The van der Waals surface area contributed by atoms with E-state index in [2.05, 4.69) is 15.6 Å². The summed E-state index contributed by atoms with van der Waals surface area (Å²) < 4.78 is 18.6. The van der Waals surface area contributed by atoms with Gasteiger partial charge in [-0.15, -0.1) is 0 Å². The zero-order valence-electron chi connectivity index (χ0n) is 15.2. The van der Waals surface area contributed by atoms with Crippen molar-refractivity contribution < 1.29 is 19.0 Å². The SMILES string of the molecule is NC=Nc1ccc(CC2NCC(O)[C@H]2OC(=O)NCc2cccc(F)c2)cc1. The van der Waals surface area contributed by atoms with Crippen LogP contribution >= 0.6 is 0 Å². The number of ether oxygens (including phenoxy) is 1. The summed E-state index contributed by atoms with van der Waals surface area (Å²) in [4.78, 5) is 16.1. The molecule has 0 saturated carbocycles. The van der Waals surface area contributed by atoms with Crippen LogP contribution in [0.5, 0.6) is 0 Å². The van der Waals surface area contributed by atoms with E-state index in [9.17, 15) is 14.3 Å². The summed E-state index contributed by atoms with van der Waals surface area (Å²) in [7, 11) is 0. The fourth-order valence-corrected chi connectivity index (χ4v) is 3.17. The Morgan fingerprint density at radius 2 is 2.11 bits per heavy atom. The highest BCUT2D eigenvalue weighted by molar-refractivity contribution is 5.67. The summed E-state index contributed by atoms with van der Waals surface area (Å²) in [6.45, 7) is 0.475. The number of hydrogen-bond donors (Lipinski definition) is 4. The lowest BCUT2D eigenvalue weighted by Crippen LogP contribution is -2.41. The molecule has 28 heavy (non-hydrogen) atoms. The molecule has 1 aliphatic heterocycles. The van der Waals surface area contributed by atoms with E-state index in [-0.39, 0.29) is 18.4 Å². The average Bonchev–Trinajstić information content (AvgIpc) is 3.02. The zero-order valence-corrected chi connectivity index (χ0v) is 15.2. The number of β-amino-alcohol motifs (C(OH)–C–C–N with tert-alkyl or cyclic N) is 1. The van der Waals surface area contributed by atoms with Gasteiger partial charge in [0.1, 0.15) is 18.0 Å². The van der Waals surface area contributed by atoms with E-state index < -0.39 is 18.3 Å². The number of hydrogen-bond acceptors (Lipinski definition) is 5. The molecule has 8 heteroatoms. The standard InChI is InChI=1S/C20H23FN4O3/c21-15-3-1-2-14(8-15)10-24-20(27)28-19-17(23-11-18(19)26)9-13-4-6-16(7-5-13)25-12-22/h1-8,12,17-19,23,26H,9-11H2,(H2,22,25)(H,24,27)/t17?,18?,19-/m0/s1. The number of aliphatic imine (C=N–C) groups is 1. The molecular weight excluding hydrogens is 363 g/mol. The minimum atomic E-state index is -0.800. The van der Waals surface area contributed by atoms with Gasteiger partial charge in [-0.1, -0.05) is 24.3 Å². The first-order valence-corrected chi connectivity index (χ1v) is 8.99. The van der Waals surface area contributed by atoms with Gasteiger partial charge in [0, 0.05) is 13.1 Å². The number of aliphatic hydroxyl groups excluding tert-OH is 1. The Morgan fingerprint density at radius 3 is 2.82 bits per heavy atom. The minimum absolute atomic E-state index is 0.140. The van der Waals surface area contributed by atoms with Crippen molar-refractivity contribution in [1.82, 2.24) is 10.6 Å². The maximum Gasteiger partial charge on any atom is 0.407 e. The summed E-state index contributed by atoms with van der Waals surface area (Å²) in [6, 6.07) is 13.2. The number of nitrogens with two attached hydrogens (primary N) is 1. The lowest BCUT2D eigenvalue weighted by Gasteiger charge is -2.22. The molecule has 2 aromatic carbocycles. The monoisotopic (exact) mass is 386 g/mol. The first kappa shape index (κ1) is 19.8.